The van der Waals surface area contributed by atoms with Crippen LogP contribution in [0.25, 0.3) is 0 Å². The fourth-order valence-electron chi connectivity index (χ4n) is 4.37. The lowest BCUT2D eigenvalue weighted by Crippen LogP contribution is -2.51. The Morgan fingerprint density at radius 2 is 1.65 bits per heavy atom. The highest BCUT2D eigenvalue weighted by atomic mass is 16.5. The zero-order valence-electron chi connectivity index (χ0n) is 20.7. The van der Waals surface area contributed by atoms with E-state index in [9.17, 15) is 9.59 Å². The highest BCUT2D eigenvalue weighted by Gasteiger charge is 2.35. The Balaban J connectivity index is 2.03. The number of fused-ring (bicyclic) bond motifs is 1. The van der Waals surface area contributed by atoms with Crippen LogP contribution in [0.3, 0.4) is 0 Å². The molecule has 2 atom stereocenters. The quantitative estimate of drug-likeness (QED) is 0.588. The number of esters is 1. The Morgan fingerprint density at radius 3 is 2.21 bits per heavy atom. The summed E-state index contributed by atoms with van der Waals surface area (Å²) in [6.45, 7) is 4.47. The van der Waals surface area contributed by atoms with E-state index in [1.807, 2.05) is 50.2 Å². The molecule has 3 rings (SSSR count). The van der Waals surface area contributed by atoms with Crippen LogP contribution in [0.5, 0.6) is 17.2 Å². The molecule has 0 spiro atoms. The van der Waals surface area contributed by atoms with Gasteiger partial charge in [0.1, 0.15) is 11.8 Å². The molecule has 184 valence electrons. The molecule has 1 aliphatic heterocycles. The Bertz CT molecular complexity index is 1010. The highest BCUT2D eigenvalue weighted by Crippen LogP contribution is 2.41. The number of nitrogens with zero attached hydrogens (tertiary/aromatic N) is 1. The summed E-state index contributed by atoms with van der Waals surface area (Å²) < 4.78 is 21.3. The number of ether oxygens (including phenoxy) is 4. The zero-order chi connectivity index (χ0) is 24.8. The first-order valence-electron chi connectivity index (χ1n) is 11.4. The maximum atomic E-state index is 13.5. The fourth-order valence-corrected chi connectivity index (χ4v) is 4.37. The predicted octanol–water partition coefficient (Wildman–Crippen LogP) is 3.96. The second kappa shape index (κ2) is 11.1. The molecule has 0 radical (unpaired) electrons. The molecule has 2 aromatic carbocycles. The second-order valence-corrected chi connectivity index (χ2v) is 8.68. The number of hydrogen-bond acceptors (Lipinski definition) is 6. The maximum Gasteiger partial charge on any atom is 0.328 e. The van der Waals surface area contributed by atoms with Gasteiger partial charge in [-0.05, 0) is 59.7 Å². The van der Waals surface area contributed by atoms with Crippen molar-refractivity contribution in [3.05, 3.63) is 53.1 Å². The lowest BCUT2D eigenvalue weighted by Gasteiger charge is -2.38. The van der Waals surface area contributed by atoms with Crippen LogP contribution in [0.1, 0.15) is 43.0 Å². The van der Waals surface area contributed by atoms with Crippen molar-refractivity contribution in [3.8, 4) is 17.2 Å². The first kappa shape index (κ1) is 25.2. The van der Waals surface area contributed by atoms with Crippen LogP contribution in [-0.4, -0.2) is 57.9 Å². The largest absolute Gasteiger partial charge is 0.497 e. The first-order valence-corrected chi connectivity index (χ1v) is 11.4. The van der Waals surface area contributed by atoms with E-state index in [1.165, 1.54) is 7.11 Å². The minimum absolute atomic E-state index is 0.209. The van der Waals surface area contributed by atoms with Crippen LogP contribution in [-0.2, 0) is 16.0 Å². The van der Waals surface area contributed by atoms with Gasteiger partial charge in [0.15, 0.2) is 11.5 Å². The molecule has 1 N–H and O–H groups in total. The highest BCUT2D eigenvalue weighted by molar-refractivity contribution is 5.84. The normalized spacial score (nSPS) is 15.9. The van der Waals surface area contributed by atoms with Gasteiger partial charge in [0.25, 0.3) is 0 Å². The van der Waals surface area contributed by atoms with Gasteiger partial charge in [0.2, 0.25) is 0 Å². The van der Waals surface area contributed by atoms with Gasteiger partial charge < -0.3 is 29.2 Å². The van der Waals surface area contributed by atoms with Crippen molar-refractivity contribution in [2.75, 3.05) is 35.0 Å². The van der Waals surface area contributed by atoms with E-state index >= 15 is 0 Å². The SMILES string of the molecule is COC(=O)[C@H](CC(C)C)NC(=O)N1CCc2cc(OC)c(OC)cc2[C@@H]1c1ccc(OC)cc1. The van der Waals surface area contributed by atoms with E-state index in [0.29, 0.717) is 30.9 Å². The third kappa shape index (κ3) is 5.38. The molecule has 0 unspecified atom stereocenters. The van der Waals surface area contributed by atoms with Crippen molar-refractivity contribution in [1.82, 2.24) is 10.2 Å². The van der Waals surface area contributed by atoms with E-state index in [1.54, 1.807) is 26.2 Å². The number of carbonyl (C=O) groups is 2. The number of urea groups is 1. The van der Waals surface area contributed by atoms with Gasteiger partial charge in [0, 0.05) is 6.54 Å². The molecule has 0 aliphatic carbocycles. The summed E-state index contributed by atoms with van der Waals surface area (Å²) in [7, 11) is 6.14. The standard InChI is InChI=1S/C26H34N2O6/c1-16(2)13-21(25(29)34-6)27-26(30)28-12-11-18-14-22(32-4)23(33-5)15-20(18)24(28)17-7-9-19(31-3)10-8-17/h7-10,14-16,21,24H,11-13H2,1-6H3,(H,27,30)/t21-,24-/m0/s1. The van der Waals surface area contributed by atoms with E-state index in [2.05, 4.69) is 5.32 Å². The van der Waals surface area contributed by atoms with Crippen LogP contribution in [0, 0.1) is 5.92 Å². The van der Waals surface area contributed by atoms with Gasteiger partial charge in [-0.25, -0.2) is 9.59 Å². The summed E-state index contributed by atoms with van der Waals surface area (Å²) in [6.07, 6.45) is 1.13. The van der Waals surface area contributed by atoms with Gasteiger partial charge in [-0.2, -0.15) is 0 Å². The van der Waals surface area contributed by atoms with Crippen molar-refractivity contribution in [2.24, 2.45) is 5.92 Å². The van der Waals surface area contributed by atoms with E-state index in [-0.39, 0.29) is 18.0 Å². The molecule has 0 saturated heterocycles. The molecular weight excluding hydrogens is 436 g/mol. The minimum Gasteiger partial charge on any atom is -0.497 e. The average Bonchev–Trinajstić information content (AvgIpc) is 2.85. The van der Waals surface area contributed by atoms with Crippen LogP contribution in [0.15, 0.2) is 36.4 Å². The molecule has 0 aromatic heterocycles. The summed E-state index contributed by atoms with van der Waals surface area (Å²) >= 11 is 0. The van der Waals surface area contributed by atoms with Crippen LogP contribution < -0.4 is 19.5 Å². The molecule has 8 heteroatoms. The summed E-state index contributed by atoms with van der Waals surface area (Å²) in [4.78, 5) is 27.6. The molecule has 1 heterocycles. The Labute approximate surface area is 201 Å². The summed E-state index contributed by atoms with van der Waals surface area (Å²) in [5.41, 5.74) is 2.94. The van der Waals surface area contributed by atoms with Gasteiger partial charge in [0.05, 0.1) is 34.5 Å². The van der Waals surface area contributed by atoms with E-state index in [0.717, 1.165) is 22.4 Å². The molecule has 0 fully saturated rings. The number of benzene rings is 2. The number of nitrogens with one attached hydrogen (secondary N) is 1. The first-order chi connectivity index (χ1) is 16.3. The third-order valence-corrected chi connectivity index (χ3v) is 6.06. The molecule has 2 amide bonds. The van der Waals surface area contributed by atoms with E-state index < -0.39 is 12.0 Å². The number of methoxy groups -OCH3 is 4. The van der Waals surface area contributed by atoms with E-state index in [4.69, 9.17) is 18.9 Å². The van der Waals surface area contributed by atoms with Crippen LogP contribution in [0.2, 0.25) is 0 Å². The minimum atomic E-state index is -0.721. The summed E-state index contributed by atoms with van der Waals surface area (Å²) in [5, 5.41) is 2.90. The molecule has 34 heavy (non-hydrogen) atoms. The van der Waals surface area contributed by atoms with Gasteiger partial charge in [-0.15, -0.1) is 0 Å². The predicted molar refractivity (Wildman–Crippen MR) is 129 cm³/mol. The Morgan fingerprint density at radius 1 is 1.00 bits per heavy atom. The Hall–Kier alpha value is -3.42. The van der Waals surface area contributed by atoms with Gasteiger partial charge >= 0.3 is 12.0 Å². The molecule has 2 aromatic rings. The smallest absolute Gasteiger partial charge is 0.328 e. The number of amides is 2. The van der Waals surface area contributed by atoms with Gasteiger partial charge in [-0.1, -0.05) is 26.0 Å². The summed E-state index contributed by atoms with van der Waals surface area (Å²) in [5.74, 6) is 1.72. The molecule has 1 aliphatic rings. The zero-order valence-corrected chi connectivity index (χ0v) is 20.7. The van der Waals surface area contributed by atoms with Crippen molar-refractivity contribution >= 4 is 12.0 Å². The molecule has 8 nitrogen and oxygen atoms in total. The molecule has 0 bridgehead atoms. The van der Waals surface area contributed by atoms with Crippen molar-refractivity contribution < 1.29 is 28.5 Å². The van der Waals surface area contributed by atoms with Crippen molar-refractivity contribution in [3.63, 3.8) is 0 Å². The number of hydrogen-bond donors (Lipinski definition) is 1. The monoisotopic (exact) mass is 470 g/mol. The molecule has 0 saturated carbocycles. The van der Waals surface area contributed by atoms with Crippen molar-refractivity contribution in [2.45, 2.75) is 38.8 Å². The summed E-state index contributed by atoms with van der Waals surface area (Å²) in [6, 6.07) is 10.1. The van der Waals surface area contributed by atoms with Gasteiger partial charge in [-0.3, -0.25) is 0 Å². The maximum absolute atomic E-state index is 13.5. The Kier molecular flexibility index (Phi) is 8.26. The van der Waals surface area contributed by atoms with Crippen molar-refractivity contribution in [1.29, 1.82) is 0 Å². The van der Waals surface area contributed by atoms with Crippen LogP contribution >= 0.6 is 0 Å². The second-order valence-electron chi connectivity index (χ2n) is 8.68. The molecular formula is C26H34N2O6. The average molecular weight is 471 g/mol. The lowest BCUT2D eigenvalue weighted by molar-refractivity contribution is -0.143. The fraction of sp³-hybridized carbons (Fsp3) is 0.462. The lowest BCUT2D eigenvalue weighted by atomic mass is 9.87. The topological polar surface area (TPSA) is 86.3 Å². The number of carbonyl (C=O) groups excluding carboxylic acids is 2. The number of rotatable bonds is 8. The van der Waals surface area contributed by atoms with Crippen LogP contribution in [0.4, 0.5) is 4.79 Å². The third-order valence-electron chi connectivity index (χ3n) is 6.06.